The van der Waals surface area contributed by atoms with Crippen LogP contribution in [0.4, 0.5) is 0 Å². The minimum atomic E-state index is 0. The van der Waals surface area contributed by atoms with Gasteiger partial charge in [0, 0.05) is 33.1 Å². The minimum Gasteiger partial charge on any atom is -0.349 e. The summed E-state index contributed by atoms with van der Waals surface area (Å²) < 4.78 is 0. The van der Waals surface area contributed by atoms with Gasteiger partial charge in [-0.1, -0.05) is 6.07 Å². The summed E-state index contributed by atoms with van der Waals surface area (Å²) in [4.78, 5) is 13.0. The molecule has 120 valence electrons. The van der Waals surface area contributed by atoms with E-state index in [-0.39, 0.29) is 24.0 Å². The van der Waals surface area contributed by atoms with Gasteiger partial charge in [0.05, 0.1) is 12.6 Å². The molecule has 1 fully saturated rings. The van der Waals surface area contributed by atoms with Crippen molar-refractivity contribution in [3.63, 3.8) is 0 Å². The number of hydrogen-bond acceptors (Lipinski definition) is 3. The third kappa shape index (κ3) is 5.10. The summed E-state index contributed by atoms with van der Waals surface area (Å²) in [6, 6.07) is 4.83. The third-order valence-electron chi connectivity index (χ3n) is 3.66. The predicted octanol–water partition coefficient (Wildman–Crippen LogP) is 2.98. The molecule has 2 rings (SSSR count). The van der Waals surface area contributed by atoms with E-state index in [2.05, 4.69) is 60.4 Å². The highest BCUT2D eigenvalue weighted by molar-refractivity contribution is 14.0. The monoisotopic (exact) mass is 422 g/mol. The van der Waals surface area contributed by atoms with Crippen LogP contribution in [0.3, 0.4) is 0 Å². The molecule has 1 aliphatic heterocycles. The number of nitrogens with zero attached hydrogens (tertiary/aromatic N) is 4. The van der Waals surface area contributed by atoms with Gasteiger partial charge >= 0.3 is 0 Å². The summed E-state index contributed by atoms with van der Waals surface area (Å²) in [7, 11) is 8.20. The van der Waals surface area contributed by atoms with Crippen LogP contribution in [0.2, 0.25) is 0 Å². The third-order valence-corrected chi connectivity index (χ3v) is 4.63. The lowest BCUT2D eigenvalue weighted by atomic mass is 10.2. The molecule has 1 aromatic rings. The molecule has 1 atom stereocenters. The minimum absolute atomic E-state index is 0. The van der Waals surface area contributed by atoms with Gasteiger partial charge in [0.1, 0.15) is 0 Å². The van der Waals surface area contributed by atoms with E-state index >= 15 is 0 Å². The molecule has 0 aliphatic carbocycles. The van der Waals surface area contributed by atoms with Gasteiger partial charge in [-0.2, -0.15) is 0 Å². The van der Waals surface area contributed by atoms with Crippen LogP contribution in [0.1, 0.15) is 23.8 Å². The molecule has 0 spiro atoms. The number of thiophene rings is 1. The van der Waals surface area contributed by atoms with Crippen molar-refractivity contribution in [2.75, 3.05) is 47.8 Å². The molecular formula is C15H27IN4S. The van der Waals surface area contributed by atoms with Gasteiger partial charge in [-0.15, -0.1) is 35.3 Å². The van der Waals surface area contributed by atoms with Crippen molar-refractivity contribution < 1.29 is 0 Å². The lowest BCUT2D eigenvalue weighted by molar-refractivity contribution is 0.254. The Morgan fingerprint density at radius 1 is 1.24 bits per heavy atom. The van der Waals surface area contributed by atoms with E-state index in [0.717, 1.165) is 12.5 Å². The fourth-order valence-corrected chi connectivity index (χ4v) is 3.62. The van der Waals surface area contributed by atoms with Gasteiger partial charge < -0.3 is 9.80 Å². The summed E-state index contributed by atoms with van der Waals surface area (Å²) in [5.41, 5.74) is 0. The zero-order chi connectivity index (χ0) is 14.5. The average Bonchev–Trinajstić information content (AvgIpc) is 3.06. The summed E-state index contributed by atoms with van der Waals surface area (Å²) >= 11 is 1.85. The summed E-state index contributed by atoms with van der Waals surface area (Å²) in [5.74, 6) is 1.03. The normalized spacial score (nSPS) is 16.2. The van der Waals surface area contributed by atoms with Crippen LogP contribution in [-0.2, 0) is 0 Å². The Balaban J connectivity index is 0.00000220. The topological polar surface area (TPSA) is 22.1 Å². The highest BCUT2D eigenvalue weighted by Gasteiger charge is 2.24. The van der Waals surface area contributed by atoms with Gasteiger partial charge in [-0.25, -0.2) is 0 Å². The molecule has 21 heavy (non-hydrogen) atoms. The van der Waals surface area contributed by atoms with E-state index in [1.807, 2.05) is 11.3 Å². The molecule has 0 bridgehead atoms. The van der Waals surface area contributed by atoms with Crippen molar-refractivity contribution >= 4 is 41.3 Å². The number of hydrogen-bond donors (Lipinski definition) is 0. The number of guanidine groups is 1. The van der Waals surface area contributed by atoms with E-state index in [1.54, 1.807) is 0 Å². The second kappa shape index (κ2) is 8.95. The van der Waals surface area contributed by atoms with Crippen molar-refractivity contribution in [3.05, 3.63) is 22.4 Å². The van der Waals surface area contributed by atoms with Crippen LogP contribution in [0.25, 0.3) is 0 Å². The lowest BCUT2D eigenvalue weighted by Crippen LogP contribution is -2.36. The lowest BCUT2D eigenvalue weighted by Gasteiger charge is -2.27. The smallest absolute Gasteiger partial charge is 0.195 e. The van der Waals surface area contributed by atoms with Crippen molar-refractivity contribution in [1.29, 1.82) is 0 Å². The first-order valence-corrected chi connectivity index (χ1v) is 8.14. The summed E-state index contributed by atoms with van der Waals surface area (Å²) in [6.45, 7) is 3.25. The largest absolute Gasteiger partial charge is 0.349 e. The van der Waals surface area contributed by atoms with E-state index < -0.39 is 0 Å². The second-order valence-electron chi connectivity index (χ2n) is 5.70. The Morgan fingerprint density at radius 2 is 1.86 bits per heavy atom. The van der Waals surface area contributed by atoms with Crippen molar-refractivity contribution in [1.82, 2.24) is 14.7 Å². The second-order valence-corrected chi connectivity index (χ2v) is 6.68. The van der Waals surface area contributed by atoms with Crippen LogP contribution in [0.5, 0.6) is 0 Å². The molecule has 0 amide bonds. The van der Waals surface area contributed by atoms with E-state index in [1.165, 1.54) is 30.8 Å². The van der Waals surface area contributed by atoms with E-state index in [4.69, 9.17) is 4.99 Å². The van der Waals surface area contributed by atoms with E-state index in [9.17, 15) is 0 Å². The van der Waals surface area contributed by atoms with Gasteiger partial charge in [-0.05, 0) is 37.4 Å². The molecule has 4 nitrogen and oxygen atoms in total. The maximum absolute atomic E-state index is 4.86. The van der Waals surface area contributed by atoms with Gasteiger partial charge in [-0.3, -0.25) is 9.89 Å². The Morgan fingerprint density at radius 3 is 2.33 bits per heavy atom. The van der Waals surface area contributed by atoms with Crippen LogP contribution < -0.4 is 0 Å². The Labute approximate surface area is 149 Å². The summed E-state index contributed by atoms with van der Waals surface area (Å²) in [5, 5.41) is 2.17. The first-order valence-electron chi connectivity index (χ1n) is 7.26. The van der Waals surface area contributed by atoms with Crippen LogP contribution >= 0.6 is 35.3 Å². The standard InChI is InChI=1S/C15H26N4S.HI/c1-17(2)15(18(3)4)16-12-13(14-8-7-11-20-14)19-9-5-6-10-19;/h7-8,11,13H,5-6,9-10,12H2,1-4H3;1H. The van der Waals surface area contributed by atoms with E-state index in [0.29, 0.717) is 6.04 Å². The zero-order valence-corrected chi connectivity index (χ0v) is 16.6. The number of halogens is 1. The highest BCUT2D eigenvalue weighted by Crippen LogP contribution is 2.28. The molecule has 1 aromatic heterocycles. The Bertz CT molecular complexity index is 415. The first kappa shape index (κ1) is 18.7. The Kier molecular flexibility index (Phi) is 7.97. The maximum Gasteiger partial charge on any atom is 0.195 e. The summed E-state index contributed by atoms with van der Waals surface area (Å²) in [6.07, 6.45) is 2.64. The van der Waals surface area contributed by atoms with Crippen LogP contribution in [0.15, 0.2) is 22.5 Å². The quantitative estimate of drug-likeness (QED) is 0.423. The Hall–Kier alpha value is -0.340. The molecule has 1 saturated heterocycles. The fourth-order valence-electron chi connectivity index (χ4n) is 2.77. The molecule has 1 aliphatic rings. The van der Waals surface area contributed by atoms with Gasteiger partial charge in [0.2, 0.25) is 0 Å². The van der Waals surface area contributed by atoms with Crippen LogP contribution in [0, 0.1) is 0 Å². The fraction of sp³-hybridized carbons (Fsp3) is 0.667. The first-order chi connectivity index (χ1) is 9.59. The number of rotatable bonds is 4. The molecule has 2 heterocycles. The van der Waals surface area contributed by atoms with Crippen LogP contribution in [-0.4, -0.2) is 68.5 Å². The molecule has 0 saturated carbocycles. The molecule has 0 N–H and O–H groups in total. The molecule has 0 aromatic carbocycles. The molecule has 0 radical (unpaired) electrons. The van der Waals surface area contributed by atoms with Gasteiger partial charge in [0.25, 0.3) is 0 Å². The molecule has 1 unspecified atom stereocenters. The van der Waals surface area contributed by atoms with Crippen molar-refractivity contribution in [2.45, 2.75) is 18.9 Å². The maximum atomic E-state index is 4.86. The zero-order valence-electron chi connectivity index (χ0n) is 13.5. The van der Waals surface area contributed by atoms with Crippen molar-refractivity contribution in [2.24, 2.45) is 4.99 Å². The number of likely N-dealkylation sites (tertiary alicyclic amines) is 1. The number of aliphatic imine (C=N–C) groups is 1. The molecule has 6 heteroatoms. The van der Waals surface area contributed by atoms with Crippen molar-refractivity contribution in [3.8, 4) is 0 Å². The molecular weight excluding hydrogens is 395 g/mol. The SMILES string of the molecule is CN(C)C(=NCC(c1cccs1)N1CCCC1)N(C)C.I. The van der Waals surface area contributed by atoms with Gasteiger partial charge in [0.15, 0.2) is 5.96 Å². The average molecular weight is 422 g/mol. The predicted molar refractivity (Wildman–Crippen MR) is 103 cm³/mol. The highest BCUT2D eigenvalue weighted by atomic mass is 127.